The highest BCUT2D eigenvalue weighted by atomic mass is 32.1. The molecule has 0 spiro atoms. The van der Waals surface area contributed by atoms with Gasteiger partial charge in [0.2, 0.25) is 5.95 Å². The number of aromatic nitrogens is 2. The molecule has 0 amide bonds. The molecule has 3 aromatic rings. The Bertz CT molecular complexity index is 722. The lowest BCUT2D eigenvalue weighted by atomic mass is 10.2. The highest BCUT2D eigenvalue weighted by Gasteiger charge is 2.08. The second kappa shape index (κ2) is 6.10. The first-order valence-electron chi connectivity index (χ1n) is 7.02. The van der Waals surface area contributed by atoms with Crippen LogP contribution in [0.3, 0.4) is 0 Å². The lowest BCUT2D eigenvalue weighted by Gasteiger charge is -2.13. The molecular formula is C16H18N4S. The normalized spacial score (nSPS) is 11.0. The van der Waals surface area contributed by atoms with E-state index in [0.29, 0.717) is 12.0 Å². The van der Waals surface area contributed by atoms with Gasteiger partial charge in [0.15, 0.2) is 0 Å². The van der Waals surface area contributed by atoms with Gasteiger partial charge in [-0.15, -0.1) is 11.3 Å². The predicted molar refractivity (Wildman–Crippen MR) is 89.9 cm³/mol. The molecule has 3 rings (SSSR count). The highest BCUT2D eigenvalue weighted by Crippen LogP contribution is 2.22. The van der Waals surface area contributed by atoms with Crippen molar-refractivity contribution in [3.05, 3.63) is 46.7 Å². The molecular weight excluding hydrogens is 280 g/mol. The summed E-state index contributed by atoms with van der Waals surface area (Å²) < 4.78 is 0. The van der Waals surface area contributed by atoms with E-state index < -0.39 is 0 Å². The van der Waals surface area contributed by atoms with Crippen LogP contribution in [0.15, 0.2) is 41.8 Å². The zero-order valence-corrected chi connectivity index (χ0v) is 12.9. The number of hydrogen-bond acceptors (Lipinski definition) is 5. The second-order valence-corrected chi connectivity index (χ2v) is 6.18. The van der Waals surface area contributed by atoms with E-state index in [1.807, 2.05) is 24.3 Å². The summed E-state index contributed by atoms with van der Waals surface area (Å²) in [5.41, 5.74) is 0.948. The summed E-state index contributed by atoms with van der Waals surface area (Å²) in [6.45, 7) is 4.96. The molecule has 0 unspecified atom stereocenters. The van der Waals surface area contributed by atoms with Gasteiger partial charge in [-0.2, -0.15) is 4.98 Å². The average Bonchev–Trinajstić information content (AvgIpc) is 2.98. The maximum Gasteiger partial charge on any atom is 0.225 e. The molecule has 0 saturated carbocycles. The molecule has 2 heterocycles. The Morgan fingerprint density at radius 3 is 2.71 bits per heavy atom. The minimum atomic E-state index is 0.327. The maximum atomic E-state index is 4.61. The Labute approximate surface area is 128 Å². The van der Waals surface area contributed by atoms with Gasteiger partial charge in [-0.05, 0) is 37.4 Å². The van der Waals surface area contributed by atoms with Gasteiger partial charge in [-0.1, -0.05) is 18.2 Å². The van der Waals surface area contributed by atoms with E-state index in [-0.39, 0.29) is 0 Å². The summed E-state index contributed by atoms with van der Waals surface area (Å²) in [5.74, 6) is 1.54. The van der Waals surface area contributed by atoms with Gasteiger partial charge in [0, 0.05) is 16.3 Å². The molecule has 21 heavy (non-hydrogen) atoms. The fourth-order valence-corrected chi connectivity index (χ4v) is 2.76. The van der Waals surface area contributed by atoms with E-state index in [9.17, 15) is 0 Å². The zero-order valence-electron chi connectivity index (χ0n) is 12.1. The van der Waals surface area contributed by atoms with Crippen LogP contribution in [0, 0.1) is 0 Å². The van der Waals surface area contributed by atoms with Crippen LogP contribution in [0.5, 0.6) is 0 Å². The van der Waals surface area contributed by atoms with Crippen LogP contribution in [-0.2, 0) is 6.54 Å². The van der Waals surface area contributed by atoms with Crippen molar-refractivity contribution in [2.45, 2.75) is 26.4 Å². The third-order valence-electron chi connectivity index (χ3n) is 3.03. The first-order valence-corrected chi connectivity index (χ1v) is 7.90. The zero-order chi connectivity index (χ0) is 14.7. The van der Waals surface area contributed by atoms with Crippen LogP contribution in [0.1, 0.15) is 18.7 Å². The fraction of sp³-hybridized carbons (Fsp3) is 0.250. The molecule has 2 N–H and O–H groups in total. The van der Waals surface area contributed by atoms with Crippen molar-refractivity contribution in [3.8, 4) is 0 Å². The molecule has 0 radical (unpaired) electrons. The summed E-state index contributed by atoms with van der Waals surface area (Å²) in [4.78, 5) is 10.5. The number of nitrogens with one attached hydrogen (secondary N) is 2. The van der Waals surface area contributed by atoms with Crippen LogP contribution in [-0.4, -0.2) is 16.0 Å². The van der Waals surface area contributed by atoms with Gasteiger partial charge in [0.25, 0.3) is 0 Å². The third-order valence-corrected chi connectivity index (χ3v) is 3.91. The van der Waals surface area contributed by atoms with Gasteiger partial charge in [0.05, 0.1) is 12.1 Å². The molecule has 0 aliphatic heterocycles. The highest BCUT2D eigenvalue weighted by molar-refractivity contribution is 7.09. The first-order chi connectivity index (χ1) is 10.2. The standard InChI is InChI=1S/C16H18N4S/c1-11(2)18-15-13-7-3-4-8-14(13)19-16(20-15)17-10-12-6-5-9-21-12/h3-9,11H,10H2,1-2H3,(H2,17,18,19,20). The van der Waals surface area contributed by atoms with Crippen LogP contribution in [0.25, 0.3) is 10.9 Å². The number of fused-ring (bicyclic) bond motifs is 1. The molecule has 0 bridgehead atoms. The van der Waals surface area contributed by atoms with Crippen molar-refractivity contribution in [1.82, 2.24) is 9.97 Å². The van der Waals surface area contributed by atoms with E-state index in [1.165, 1.54) is 4.88 Å². The Morgan fingerprint density at radius 2 is 1.95 bits per heavy atom. The Hall–Kier alpha value is -2.14. The maximum absolute atomic E-state index is 4.61. The van der Waals surface area contributed by atoms with E-state index in [4.69, 9.17) is 0 Å². The number of anilines is 2. The minimum Gasteiger partial charge on any atom is -0.367 e. The number of benzene rings is 1. The van der Waals surface area contributed by atoms with E-state index >= 15 is 0 Å². The van der Waals surface area contributed by atoms with Crippen molar-refractivity contribution >= 4 is 34.0 Å². The molecule has 0 atom stereocenters. The fourth-order valence-electron chi connectivity index (χ4n) is 2.12. The minimum absolute atomic E-state index is 0.327. The van der Waals surface area contributed by atoms with Gasteiger partial charge < -0.3 is 10.6 Å². The van der Waals surface area contributed by atoms with Crippen molar-refractivity contribution in [2.24, 2.45) is 0 Å². The van der Waals surface area contributed by atoms with E-state index in [1.54, 1.807) is 11.3 Å². The Balaban J connectivity index is 1.91. The average molecular weight is 298 g/mol. The quantitative estimate of drug-likeness (QED) is 0.744. The Kier molecular flexibility index (Phi) is 4.01. The SMILES string of the molecule is CC(C)Nc1nc(NCc2cccs2)nc2ccccc12. The smallest absolute Gasteiger partial charge is 0.225 e. The number of thiophene rings is 1. The van der Waals surface area contributed by atoms with E-state index in [0.717, 1.165) is 23.3 Å². The number of hydrogen-bond donors (Lipinski definition) is 2. The molecule has 4 nitrogen and oxygen atoms in total. The van der Waals surface area contributed by atoms with Gasteiger partial charge >= 0.3 is 0 Å². The Morgan fingerprint density at radius 1 is 1.10 bits per heavy atom. The molecule has 0 aliphatic rings. The van der Waals surface area contributed by atoms with Gasteiger partial charge in [0.1, 0.15) is 5.82 Å². The molecule has 2 aromatic heterocycles. The van der Waals surface area contributed by atoms with E-state index in [2.05, 4.69) is 52.0 Å². The van der Waals surface area contributed by atoms with Gasteiger partial charge in [-0.3, -0.25) is 0 Å². The molecule has 5 heteroatoms. The van der Waals surface area contributed by atoms with Crippen LogP contribution < -0.4 is 10.6 Å². The molecule has 0 aliphatic carbocycles. The molecule has 108 valence electrons. The van der Waals surface area contributed by atoms with Crippen molar-refractivity contribution in [1.29, 1.82) is 0 Å². The molecule has 0 fully saturated rings. The molecule has 1 aromatic carbocycles. The van der Waals surface area contributed by atoms with Gasteiger partial charge in [-0.25, -0.2) is 4.98 Å². The van der Waals surface area contributed by atoms with Crippen molar-refractivity contribution in [2.75, 3.05) is 10.6 Å². The summed E-state index contributed by atoms with van der Waals surface area (Å²) >= 11 is 1.73. The first kappa shape index (κ1) is 13.8. The lowest BCUT2D eigenvalue weighted by Crippen LogP contribution is -2.13. The van der Waals surface area contributed by atoms with Crippen molar-refractivity contribution < 1.29 is 0 Å². The number of para-hydroxylation sites is 1. The summed E-state index contributed by atoms with van der Waals surface area (Å²) in [6, 6.07) is 12.5. The van der Waals surface area contributed by atoms with Crippen LogP contribution in [0.2, 0.25) is 0 Å². The summed E-state index contributed by atoms with van der Waals surface area (Å²) in [6.07, 6.45) is 0. The molecule has 0 saturated heterocycles. The van der Waals surface area contributed by atoms with Crippen LogP contribution in [0.4, 0.5) is 11.8 Å². The lowest BCUT2D eigenvalue weighted by molar-refractivity contribution is 0.890. The van der Waals surface area contributed by atoms with Crippen LogP contribution >= 0.6 is 11.3 Å². The largest absolute Gasteiger partial charge is 0.367 e. The second-order valence-electron chi connectivity index (χ2n) is 5.14. The topological polar surface area (TPSA) is 49.8 Å². The number of rotatable bonds is 5. The predicted octanol–water partition coefficient (Wildman–Crippen LogP) is 4.12. The summed E-state index contributed by atoms with van der Waals surface area (Å²) in [5, 5.41) is 9.82. The van der Waals surface area contributed by atoms with Crippen molar-refractivity contribution in [3.63, 3.8) is 0 Å². The number of nitrogens with zero attached hydrogens (tertiary/aromatic N) is 2. The summed E-state index contributed by atoms with van der Waals surface area (Å²) in [7, 11) is 0. The monoisotopic (exact) mass is 298 g/mol. The third kappa shape index (κ3) is 3.31.